The fourth-order valence-corrected chi connectivity index (χ4v) is 5.30. The Labute approximate surface area is 210 Å². The molecule has 0 radical (unpaired) electrons. The first-order valence-electron chi connectivity index (χ1n) is 11.2. The highest BCUT2D eigenvalue weighted by molar-refractivity contribution is 7.92. The minimum Gasteiger partial charge on any atom is -0.497 e. The zero-order chi connectivity index (χ0) is 26.6. The largest absolute Gasteiger partial charge is 0.497 e. The number of carbonyl (C=O) groups is 1. The lowest BCUT2D eigenvalue weighted by atomic mass is 10.00. The molecule has 0 aromatic heterocycles. The van der Waals surface area contributed by atoms with Crippen LogP contribution in [0, 0.1) is 30.9 Å². The Morgan fingerprint density at radius 2 is 1.67 bits per heavy atom. The van der Waals surface area contributed by atoms with E-state index in [1.807, 2.05) is 39.0 Å². The molecule has 0 spiro atoms. The van der Waals surface area contributed by atoms with Crippen molar-refractivity contribution in [2.45, 2.75) is 38.6 Å². The summed E-state index contributed by atoms with van der Waals surface area (Å²) in [5.74, 6) is -0.0144. The molecule has 3 aromatic rings. The molecule has 1 N–H and O–H groups in total. The van der Waals surface area contributed by atoms with E-state index in [1.165, 1.54) is 38.3 Å². The Hall–Kier alpha value is -3.92. The third-order valence-electron chi connectivity index (χ3n) is 5.89. The van der Waals surface area contributed by atoms with Crippen LogP contribution in [0.3, 0.4) is 0 Å². The molecular formula is C26H29N3O6S. The van der Waals surface area contributed by atoms with Crippen LogP contribution in [-0.2, 0) is 14.8 Å². The zero-order valence-corrected chi connectivity index (χ0v) is 21.6. The number of nitro groups is 1. The minimum atomic E-state index is -4.33. The molecule has 0 aliphatic heterocycles. The molecule has 1 unspecified atom stereocenters. The molecule has 1 atom stereocenters. The van der Waals surface area contributed by atoms with E-state index in [9.17, 15) is 23.3 Å². The number of benzene rings is 3. The van der Waals surface area contributed by atoms with E-state index in [2.05, 4.69) is 5.32 Å². The molecular weight excluding hydrogens is 482 g/mol. The van der Waals surface area contributed by atoms with Crippen molar-refractivity contribution in [1.82, 2.24) is 5.32 Å². The summed E-state index contributed by atoms with van der Waals surface area (Å²) in [6.45, 7) is 6.73. The summed E-state index contributed by atoms with van der Waals surface area (Å²) in [6.07, 6.45) is 0. The number of anilines is 1. The fraction of sp³-hybridized carbons (Fsp3) is 0.269. The van der Waals surface area contributed by atoms with Crippen LogP contribution in [0.4, 0.5) is 11.4 Å². The monoisotopic (exact) mass is 511 g/mol. The normalized spacial score (nSPS) is 12.0. The second-order valence-electron chi connectivity index (χ2n) is 8.56. The van der Waals surface area contributed by atoms with Gasteiger partial charge in [0.05, 0.1) is 28.7 Å². The van der Waals surface area contributed by atoms with Crippen LogP contribution in [0.1, 0.15) is 35.2 Å². The first kappa shape index (κ1) is 26.7. The molecule has 36 heavy (non-hydrogen) atoms. The van der Waals surface area contributed by atoms with Crippen molar-refractivity contribution in [1.29, 1.82) is 0 Å². The van der Waals surface area contributed by atoms with Crippen LogP contribution < -0.4 is 14.4 Å². The summed E-state index contributed by atoms with van der Waals surface area (Å²) in [5, 5.41) is 14.3. The third kappa shape index (κ3) is 5.83. The number of sulfonamides is 1. The zero-order valence-electron chi connectivity index (χ0n) is 20.8. The number of hydrogen-bond acceptors (Lipinski definition) is 6. The molecule has 0 fully saturated rings. The van der Waals surface area contributed by atoms with Gasteiger partial charge in [0.1, 0.15) is 12.3 Å². The fourth-order valence-electron chi connectivity index (χ4n) is 3.86. The van der Waals surface area contributed by atoms with Crippen molar-refractivity contribution >= 4 is 27.3 Å². The summed E-state index contributed by atoms with van der Waals surface area (Å²) in [7, 11) is -2.85. The van der Waals surface area contributed by atoms with Crippen LogP contribution in [0.2, 0.25) is 0 Å². The van der Waals surface area contributed by atoms with Crippen LogP contribution in [0.25, 0.3) is 0 Å². The second-order valence-corrected chi connectivity index (χ2v) is 10.4. The average Bonchev–Trinajstić information content (AvgIpc) is 2.84. The van der Waals surface area contributed by atoms with E-state index in [1.54, 1.807) is 12.1 Å². The van der Waals surface area contributed by atoms with Gasteiger partial charge in [-0.3, -0.25) is 19.2 Å². The van der Waals surface area contributed by atoms with Gasteiger partial charge in [-0.25, -0.2) is 8.42 Å². The number of nitrogens with one attached hydrogen (secondary N) is 1. The highest BCUT2D eigenvalue weighted by Gasteiger charge is 2.30. The molecule has 3 rings (SSSR count). The Morgan fingerprint density at radius 1 is 1.03 bits per heavy atom. The van der Waals surface area contributed by atoms with Crippen molar-refractivity contribution in [3.63, 3.8) is 0 Å². The van der Waals surface area contributed by atoms with Crippen molar-refractivity contribution < 1.29 is 22.9 Å². The molecule has 0 aliphatic carbocycles. The number of nitro benzene ring substituents is 1. The highest BCUT2D eigenvalue weighted by Crippen LogP contribution is 2.29. The maximum Gasteiger partial charge on any atom is 0.273 e. The average molecular weight is 512 g/mol. The molecule has 0 heterocycles. The summed E-state index contributed by atoms with van der Waals surface area (Å²) in [5.41, 5.74) is 3.19. The molecule has 190 valence electrons. The molecule has 0 saturated carbocycles. The summed E-state index contributed by atoms with van der Waals surface area (Å²) in [6, 6.07) is 15.4. The predicted molar refractivity (Wildman–Crippen MR) is 138 cm³/mol. The van der Waals surface area contributed by atoms with Crippen molar-refractivity contribution in [3.8, 4) is 5.75 Å². The van der Waals surface area contributed by atoms with Gasteiger partial charge < -0.3 is 10.1 Å². The SMILES string of the molecule is COc1ccc(N(CC(=O)NC(C)c2cc(C)ccc2C)S(=O)(=O)c2ccc(C)c([N+](=O)[O-])c2)cc1. The van der Waals surface area contributed by atoms with Gasteiger partial charge in [-0.05, 0) is 69.2 Å². The maximum absolute atomic E-state index is 13.7. The number of nitrogens with zero attached hydrogens (tertiary/aromatic N) is 2. The lowest BCUT2D eigenvalue weighted by Gasteiger charge is -2.25. The van der Waals surface area contributed by atoms with Crippen LogP contribution in [0.5, 0.6) is 5.75 Å². The molecule has 3 aromatic carbocycles. The van der Waals surface area contributed by atoms with Crippen LogP contribution in [0.15, 0.2) is 65.6 Å². The topological polar surface area (TPSA) is 119 Å². The molecule has 1 amide bonds. The Kier molecular flexibility index (Phi) is 7.99. The Morgan fingerprint density at radius 3 is 2.28 bits per heavy atom. The Bertz CT molecular complexity index is 1390. The quantitative estimate of drug-likeness (QED) is 0.331. The maximum atomic E-state index is 13.7. The van der Waals surface area contributed by atoms with Gasteiger partial charge in [0.25, 0.3) is 15.7 Å². The van der Waals surface area contributed by atoms with Gasteiger partial charge in [-0.1, -0.05) is 29.8 Å². The molecule has 0 aliphatic rings. The van der Waals surface area contributed by atoms with Gasteiger partial charge in [-0.2, -0.15) is 0 Å². The number of rotatable bonds is 9. The van der Waals surface area contributed by atoms with Crippen molar-refractivity contribution in [3.05, 3.63) is 93.0 Å². The van der Waals surface area contributed by atoms with Crippen LogP contribution in [-0.4, -0.2) is 32.9 Å². The highest BCUT2D eigenvalue weighted by atomic mass is 32.2. The number of aryl methyl sites for hydroxylation is 3. The summed E-state index contributed by atoms with van der Waals surface area (Å²) < 4.78 is 33.4. The van der Waals surface area contributed by atoms with E-state index < -0.39 is 27.4 Å². The van der Waals surface area contributed by atoms with E-state index in [-0.39, 0.29) is 22.3 Å². The second kappa shape index (κ2) is 10.8. The van der Waals surface area contributed by atoms with Gasteiger partial charge in [-0.15, -0.1) is 0 Å². The minimum absolute atomic E-state index is 0.216. The van der Waals surface area contributed by atoms with Gasteiger partial charge in [0.2, 0.25) is 5.91 Å². The van der Waals surface area contributed by atoms with Crippen molar-refractivity contribution in [2.24, 2.45) is 0 Å². The molecule has 0 saturated heterocycles. The first-order valence-corrected chi connectivity index (χ1v) is 12.7. The number of hydrogen-bond donors (Lipinski definition) is 1. The summed E-state index contributed by atoms with van der Waals surface area (Å²) in [4.78, 5) is 23.6. The van der Waals surface area contributed by atoms with Gasteiger partial charge in [0, 0.05) is 11.6 Å². The van der Waals surface area contributed by atoms with Gasteiger partial charge in [0.15, 0.2) is 0 Å². The number of methoxy groups -OCH3 is 1. The molecule has 9 nitrogen and oxygen atoms in total. The first-order chi connectivity index (χ1) is 16.9. The molecule has 0 bridgehead atoms. The van der Waals surface area contributed by atoms with Crippen LogP contribution >= 0.6 is 0 Å². The lowest BCUT2D eigenvalue weighted by Crippen LogP contribution is -2.41. The smallest absolute Gasteiger partial charge is 0.273 e. The number of carbonyl (C=O) groups excluding carboxylic acids is 1. The number of amides is 1. The van der Waals surface area contributed by atoms with E-state index in [4.69, 9.17) is 4.74 Å². The summed E-state index contributed by atoms with van der Waals surface area (Å²) >= 11 is 0. The molecule has 10 heteroatoms. The standard InChI is InChI=1S/C26H29N3O6S/c1-17-6-7-18(2)24(14-17)20(4)27-26(30)16-28(21-9-11-22(35-5)12-10-21)36(33,34)23-13-8-19(3)25(15-23)29(31)32/h6-15,20H,16H2,1-5H3,(H,27,30). The van der Waals surface area contributed by atoms with E-state index in [0.29, 0.717) is 11.3 Å². The van der Waals surface area contributed by atoms with Crippen molar-refractivity contribution in [2.75, 3.05) is 18.0 Å². The van der Waals surface area contributed by atoms with Gasteiger partial charge >= 0.3 is 0 Å². The lowest BCUT2D eigenvalue weighted by molar-refractivity contribution is -0.385. The predicted octanol–water partition coefficient (Wildman–Crippen LogP) is 4.60. The third-order valence-corrected chi connectivity index (χ3v) is 7.66. The van der Waals surface area contributed by atoms with E-state index >= 15 is 0 Å². The van der Waals surface area contributed by atoms with E-state index in [0.717, 1.165) is 27.1 Å². The Balaban J connectivity index is 1.98. The number of ether oxygens (including phenoxy) is 1.